The second kappa shape index (κ2) is 7.09. The molecule has 2 aromatic rings. The van der Waals surface area contributed by atoms with E-state index in [0.29, 0.717) is 30.5 Å². The molecule has 1 heterocycles. The Hall–Kier alpha value is -2.34. The van der Waals surface area contributed by atoms with E-state index >= 15 is 0 Å². The van der Waals surface area contributed by atoms with E-state index in [1.807, 2.05) is 22.8 Å². The van der Waals surface area contributed by atoms with Crippen LogP contribution in [0.4, 0.5) is 0 Å². The lowest BCUT2D eigenvalue weighted by atomic mass is 10.1. The van der Waals surface area contributed by atoms with Gasteiger partial charge in [-0.25, -0.2) is 0 Å². The SMILES string of the molecule is COCCn1c(-c2cc(OC)ccc2OC)cc(=O)nc1C. The van der Waals surface area contributed by atoms with Gasteiger partial charge in [-0.15, -0.1) is 0 Å². The van der Waals surface area contributed by atoms with Gasteiger partial charge in [0.1, 0.15) is 17.3 Å². The predicted octanol–water partition coefficient (Wildman–Crippen LogP) is 1.88. The van der Waals surface area contributed by atoms with Crippen molar-refractivity contribution in [1.82, 2.24) is 9.55 Å². The fraction of sp³-hybridized carbons (Fsp3) is 0.375. The van der Waals surface area contributed by atoms with Crippen molar-refractivity contribution < 1.29 is 14.2 Å². The largest absolute Gasteiger partial charge is 0.497 e. The van der Waals surface area contributed by atoms with Crippen LogP contribution < -0.4 is 15.0 Å². The maximum Gasteiger partial charge on any atom is 0.273 e. The summed E-state index contributed by atoms with van der Waals surface area (Å²) in [4.78, 5) is 15.8. The Morgan fingerprint density at radius 1 is 1.14 bits per heavy atom. The summed E-state index contributed by atoms with van der Waals surface area (Å²) in [5.41, 5.74) is 1.22. The van der Waals surface area contributed by atoms with E-state index in [4.69, 9.17) is 14.2 Å². The molecule has 0 amide bonds. The first-order valence-electron chi connectivity index (χ1n) is 6.90. The molecule has 2 rings (SSSR count). The van der Waals surface area contributed by atoms with Crippen molar-refractivity contribution in [2.45, 2.75) is 13.5 Å². The lowest BCUT2D eigenvalue weighted by Crippen LogP contribution is -2.19. The normalized spacial score (nSPS) is 10.5. The molecule has 0 atom stereocenters. The van der Waals surface area contributed by atoms with Crippen LogP contribution in [0.3, 0.4) is 0 Å². The molecule has 0 aliphatic carbocycles. The van der Waals surface area contributed by atoms with Crippen molar-refractivity contribution in [2.75, 3.05) is 27.9 Å². The van der Waals surface area contributed by atoms with Gasteiger partial charge in [0.05, 0.1) is 26.5 Å². The van der Waals surface area contributed by atoms with Crippen LogP contribution >= 0.6 is 0 Å². The average Bonchev–Trinajstić information content (AvgIpc) is 2.52. The summed E-state index contributed by atoms with van der Waals surface area (Å²) in [5, 5.41) is 0. The van der Waals surface area contributed by atoms with Crippen LogP contribution in [0.25, 0.3) is 11.3 Å². The Labute approximate surface area is 129 Å². The predicted molar refractivity (Wildman–Crippen MR) is 83.7 cm³/mol. The van der Waals surface area contributed by atoms with Crippen LogP contribution in [0.5, 0.6) is 11.5 Å². The minimum atomic E-state index is -0.286. The first-order valence-corrected chi connectivity index (χ1v) is 6.90. The zero-order chi connectivity index (χ0) is 16.1. The zero-order valence-corrected chi connectivity index (χ0v) is 13.3. The Balaban J connectivity index is 2.67. The molecule has 118 valence electrons. The number of nitrogens with zero attached hydrogens (tertiary/aromatic N) is 2. The highest BCUT2D eigenvalue weighted by molar-refractivity contribution is 5.69. The average molecular weight is 304 g/mol. The Morgan fingerprint density at radius 3 is 2.55 bits per heavy atom. The smallest absolute Gasteiger partial charge is 0.273 e. The van der Waals surface area contributed by atoms with Crippen molar-refractivity contribution in [3.8, 4) is 22.8 Å². The fourth-order valence-electron chi connectivity index (χ4n) is 2.32. The van der Waals surface area contributed by atoms with E-state index in [1.54, 1.807) is 28.3 Å². The van der Waals surface area contributed by atoms with Crippen LogP contribution in [0, 0.1) is 6.92 Å². The van der Waals surface area contributed by atoms with Crippen LogP contribution in [0.15, 0.2) is 29.1 Å². The summed E-state index contributed by atoms with van der Waals surface area (Å²) in [5.74, 6) is 1.98. The molecule has 0 N–H and O–H groups in total. The maximum absolute atomic E-state index is 11.8. The standard InChI is InChI=1S/C16H20N2O4/c1-11-17-16(19)10-14(18(11)7-8-20-2)13-9-12(21-3)5-6-15(13)22-4/h5-6,9-10H,7-8H2,1-4H3. The highest BCUT2D eigenvalue weighted by Gasteiger charge is 2.14. The number of rotatable bonds is 6. The van der Waals surface area contributed by atoms with Gasteiger partial charge < -0.3 is 18.8 Å². The number of methoxy groups -OCH3 is 3. The zero-order valence-electron chi connectivity index (χ0n) is 13.3. The molecule has 1 aromatic carbocycles. The molecule has 22 heavy (non-hydrogen) atoms. The molecule has 6 heteroatoms. The summed E-state index contributed by atoms with van der Waals surface area (Å²) in [6.45, 7) is 2.91. The third-order valence-corrected chi connectivity index (χ3v) is 3.42. The minimum absolute atomic E-state index is 0.286. The van der Waals surface area contributed by atoms with Crippen molar-refractivity contribution in [1.29, 1.82) is 0 Å². The number of ether oxygens (including phenoxy) is 3. The van der Waals surface area contributed by atoms with E-state index in [0.717, 1.165) is 11.3 Å². The molecule has 0 saturated carbocycles. The van der Waals surface area contributed by atoms with E-state index < -0.39 is 0 Å². The summed E-state index contributed by atoms with van der Waals surface area (Å²) in [7, 11) is 4.83. The summed E-state index contributed by atoms with van der Waals surface area (Å²) < 4.78 is 17.8. The quantitative estimate of drug-likeness (QED) is 0.815. The van der Waals surface area contributed by atoms with Crippen molar-refractivity contribution in [2.24, 2.45) is 0 Å². The monoisotopic (exact) mass is 304 g/mol. The number of hydrogen-bond acceptors (Lipinski definition) is 5. The van der Waals surface area contributed by atoms with Gasteiger partial charge in [0.15, 0.2) is 0 Å². The molecular formula is C16H20N2O4. The van der Waals surface area contributed by atoms with E-state index in [-0.39, 0.29) is 5.56 Å². The van der Waals surface area contributed by atoms with E-state index in [1.165, 1.54) is 6.07 Å². The Morgan fingerprint density at radius 2 is 1.91 bits per heavy atom. The Bertz CT molecular complexity index is 710. The van der Waals surface area contributed by atoms with Crippen LogP contribution in [0.2, 0.25) is 0 Å². The molecule has 0 unspecified atom stereocenters. The molecule has 0 radical (unpaired) electrons. The fourth-order valence-corrected chi connectivity index (χ4v) is 2.32. The van der Waals surface area contributed by atoms with Crippen LogP contribution in [0.1, 0.15) is 5.82 Å². The second-order valence-corrected chi connectivity index (χ2v) is 4.74. The van der Waals surface area contributed by atoms with E-state index in [2.05, 4.69) is 4.98 Å². The summed E-state index contributed by atoms with van der Waals surface area (Å²) >= 11 is 0. The lowest BCUT2D eigenvalue weighted by molar-refractivity contribution is 0.186. The van der Waals surface area contributed by atoms with Crippen molar-refractivity contribution >= 4 is 0 Å². The third-order valence-electron chi connectivity index (χ3n) is 3.42. The van der Waals surface area contributed by atoms with E-state index in [9.17, 15) is 4.79 Å². The molecule has 1 aromatic heterocycles. The molecule has 0 aliphatic rings. The Kier molecular flexibility index (Phi) is 5.16. The molecular weight excluding hydrogens is 284 g/mol. The number of aromatic nitrogens is 2. The molecule has 0 bridgehead atoms. The lowest BCUT2D eigenvalue weighted by Gasteiger charge is -2.18. The second-order valence-electron chi connectivity index (χ2n) is 4.74. The van der Waals surface area contributed by atoms with Gasteiger partial charge >= 0.3 is 0 Å². The van der Waals surface area contributed by atoms with Gasteiger partial charge in [0.2, 0.25) is 0 Å². The number of aryl methyl sites for hydroxylation is 1. The van der Waals surface area contributed by atoms with Gasteiger partial charge in [-0.3, -0.25) is 4.79 Å². The van der Waals surface area contributed by atoms with Gasteiger partial charge in [0.25, 0.3) is 5.56 Å². The molecule has 6 nitrogen and oxygen atoms in total. The first-order chi connectivity index (χ1) is 10.6. The van der Waals surface area contributed by atoms with Gasteiger partial charge in [-0.1, -0.05) is 0 Å². The highest BCUT2D eigenvalue weighted by Crippen LogP contribution is 2.33. The molecule has 0 aliphatic heterocycles. The highest BCUT2D eigenvalue weighted by atomic mass is 16.5. The molecule has 0 saturated heterocycles. The molecule has 0 fully saturated rings. The number of benzene rings is 1. The topological polar surface area (TPSA) is 62.6 Å². The van der Waals surface area contributed by atoms with Crippen molar-refractivity contribution in [3.63, 3.8) is 0 Å². The number of hydrogen-bond donors (Lipinski definition) is 0. The summed E-state index contributed by atoms with van der Waals surface area (Å²) in [6, 6.07) is 6.97. The van der Waals surface area contributed by atoms with Gasteiger partial charge in [0, 0.05) is 25.3 Å². The third kappa shape index (κ3) is 3.28. The van der Waals surface area contributed by atoms with Crippen molar-refractivity contribution in [3.05, 3.63) is 40.4 Å². The summed E-state index contributed by atoms with van der Waals surface area (Å²) in [6.07, 6.45) is 0. The minimum Gasteiger partial charge on any atom is -0.497 e. The maximum atomic E-state index is 11.8. The first kappa shape index (κ1) is 16.0. The van der Waals surface area contributed by atoms with Gasteiger partial charge in [-0.2, -0.15) is 4.98 Å². The van der Waals surface area contributed by atoms with Crippen LogP contribution in [-0.4, -0.2) is 37.5 Å². The van der Waals surface area contributed by atoms with Crippen LogP contribution in [-0.2, 0) is 11.3 Å². The molecule has 0 spiro atoms. The van der Waals surface area contributed by atoms with Gasteiger partial charge in [-0.05, 0) is 25.1 Å².